The minimum Gasteiger partial charge on any atom is -0.463 e. The van der Waals surface area contributed by atoms with E-state index < -0.39 is 12.1 Å². The first-order valence-electron chi connectivity index (χ1n) is 6.01. The fraction of sp³-hybridized carbons (Fsp3) is 0.455. The number of nitrogen functional groups attached to an aromatic ring is 1. The molecule has 1 unspecified atom stereocenters. The van der Waals surface area contributed by atoms with Gasteiger partial charge in [0.1, 0.15) is 25.0 Å². The summed E-state index contributed by atoms with van der Waals surface area (Å²) in [6.07, 6.45) is 0.811. The zero-order valence-corrected chi connectivity index (χ0v) is 11.9. The van der Waals surface area contributed by atoms with Gasteiger partial charge in [-0.1, -0.05) is 11.6 Å². The Hall–Kier alpha value is -1.97. The van der Waals surface area contributed by atoms with Gasteiger partial charge in [-0.3, -0.25) is 9.36 Å². The number of fused-ring (bicyclic) bond motifs is 1. The number of hydrogen-bond acceptors (Lipinski definition) is 8. The molecule has 2 heterocycles. The molecule has 0 aliphatic rings. The number of anilines is 1. The topological polar surface area (TPSA) is 125 Å². The highest BCUT2D eigenvalue weighted by Crippen LogP contribution is 2.19. The average molecular weight is 316 g/mol. The third-order valence-electron chi connectivity index (χ3n) is 2.56. The molecule has 9 nitrogen and oxygen atoms in total. The molecule has 2 rings (SSSR count). The molecule has 1 atom stereocenters. The zero-order valence-electron chi connectivity index (χ0n) is 11.2. The average Bonchev–Trinajstić information content (AvgIpc) is 2.82. The van der Waals surface area contributed by atoms with Crippen molar-refractivity contribution in [1.82, 2.24) is 19.5 Å². The van der Waals surface area contributed by atoms with Crippen molar-refractivity contribution in [2.24, 2.45) is 0 Å². The fourth-order valence-electron chi connectivity index (χ4n) is 1.57. The lowest BCUT2D eigenvalue weighted by Crippen LogP contribution is -2.26. The Morgan fingerprint density at radius 2 is 2.33 bits per heavy atom. The minimum atomic E-state index is -0.652. The Labute approximate surface area is 124 Å². The molecular formula is C11H14ClN5O4. The van der Waals surface area contributed by atoms with E-state index in [0.717, 1.165) is 0 Å². The molecule has 0 aromatic carbocycles. The molecule has 2 aromatic heterocycles. The minimum absolute atomic E-state index is 0.0212. The number of rotatable bonds is 6. The van der Waals surface area contributed by atoms with E-state index >= 15 is 0 Å². The van der Waals surface area contributed by atoms with Gasteiger partial charge < -0.3 is 20.3 Å². The molecule has 0 radical (unpaired) electrons. The van der Waals surface area contributed by atoms with E-state index in [1.54, 1.807) is 4.57 Å². The standard InChI is InChI=1S/C11H14ClN5O4/c1-6(19)20-3-7(2-18)21-5-17-4-14-8-9(12)15-11(13)16-10(8)17/h4,7,18H,2-3,5H2,1H3,(H2,13,15,16). The smallest absolute Gasteiger partial charge is 0.302 e. The number of carbonyl (C=O) groups excluding carboxylic acids is 1. The van der Waals surface area contributed by atoms with Gasteiger partial charge in [-0.05, 0) is 0 Å². The van der Waals surface area contributed by atoms with Crippen LogP contribution in [0.5, 0.6) is 0 Å². The van der Waals surface area contributed by atoms with Gasteiger partial charge in [-0.15, -0.1) is 0 Å². The SMILES string of the molecule is CC(=O)OCC(CO)OCn1cnc2c(Cl)nc(N)nc21. The van der Waals surface area contributed by atoms with Gasteiger partial charge in [0.15, 0.2) is 10.8 Å². The molecule has 114 valence electrons. The molecule has 3 N–H and O–H groups in total. The van der Waals surface area contributed by atoms with Gasteiger partial charge in [0.05, 0.1) is 12.9 Å². The summed E-state index contributed by atoms with van der Waals surface area (Å²) in [5.74, 6) is -0.426. The lowest BCUT2D eigenvalue weighted by molar-refractivity contribution is -0.147. The van der Waals surface area contributed by atoms with Crippen LogP contribution in [-0.2, 0) is 21.0 Å². The molecule has 2 aromatic rings. The van der Waals surface area contributed by atoms with Crippen LogP contribution in [-0.4, -0.2) is 49.9 Å². The van der Waals surface area contributed by atoms with E-state index in [1.807, 2.05) is 0 Å². The first-order chi connectivity index (χ1) is 10.0. The number of nitrogens with two attached hydrogens (primary N) is 1. The Kier molecular flexibility index (Phi) is 4.89. The maximum Gasteiger partial charge on any atom is 0.302 e. The van der Waals surface area contributed by atoms with Gasteiger partial charge in [-0.2, -0.15) is 9.97 Å². The van der Waals surface area contributed by atoms with E-state index in [2.05, 4.69) is 15.0 Å². The molecular weight excluding hydrogens is 302 g/mol. The maximum absolute atomic E-state index is 10.7. The molecule has 0 bridgehead atoms. The Morgan fingerprint density at radius 1 is 1.57 bits per heavy atom. The first-order valence-corrected chi connectivity index (χ1v) is 6.38. The number of aromatic nitrogens is 4. The number of aliphatic hydroxyl groups is 1. The molecule has 0 amide bonds. The quantitative estimate of drug-likeness (QED) is 0.562. The van der Waals surface area contributed by atoms with Crippen molar-refractivity contribution in [3.05, 3.63) is 11.5 Å². The predicted molar refractivity (Wildman–Crippen MR) is 73.3 cm³/mol. The summed E-state index contributed by atoms with van der Waals surface area (Å²) in [5.41, 5.74) is 6.34. The highest BCUT2D eigenvalue weighted by molar-refractivity contribution is 6.33. The zero-order chi connectivity index (χ0) is 15.4. The van der Waals surface area contributed by atoms with Crippen LogP contribution < -0.4 is 5.73 Å². The van der Waals surface area contributed by atoms with Gasteiger partial charge in [0, 0.05) is 6.92 Å². The van der Waals surface area contributed by atoms with Crippen molar-refractivity contribution in [2.45, 2.75) is 19.8 Å². The summed E-state index contributed by atoms with van der Waals surface area (Å²) < 4.78 is 11.8. The third kappa shape index (κ3) is 3.78. The molecule has 0 fully saturated rings. The summed E-state index contributed by atoms with van der Waals surface area (Å²) in [5, 5.41) is 9.31. The number of aliphatic hydroxyl groups excluding tert-OH is 1. The highest BCUT2D eigenvalue weighted by atomic mass is 35.5. The van der Waals surface area contributed by atoms with Gasteiger partial charge >= 0.3 is 5.97 Å². The second-order valence-corrected chi connectivity index (χ2v) is 4.52. The molecule has 0 spiro atoms. The van der Waals surface area contributed by atoms with Gasteiger partial charge in [-0.25, -0.2) is 4.98 Å². The highest BCUT2D eigenvalue weighted by Gasteiger charge is 2.14. The number of esters is 1. The van der Waals surface area contributed by atoms with Crippen LogP contribution in [0.4, 0.5) is 5.95 Å². The number of halogens is 1. The molecule has 0 aliphatic carbocycles. The second-order valence-electron chi connectivity index (χ2n) is 4.16. The third-order valence-corrected chi connectivity index (χ3v) is 2.83. The monoisotopic (exact) mass is 315 g/mol. The maximum atomic E-state index is 10.7. The van der Waals surface area contributed by atoms with Crippen LogP contribution in [0.25, 0.3) is 11.2 Å². The number of imidazole rings is 1. The van der Waals surface area contributed by atoms with Gasteiger partial charge in [0.25, 0.3) is 0 Å². The van der Waals surface area contributed by atoms with E-state index in [0.29, 0.717) is 11.2 Å². The van der Waals surface area contributed by atoms with Crippen LogP contribution >= 0.6 is 11.6 Å². The lowest BCUT2D eigenvalue weighted by atomic mass is 10.4. The summed E-state index contributed by atoms with van der Waals surface area (Å²) in [6.45, 7) is 0.976. The lowest BCUT2D eigenvalue weighted by Gasteiger charge is -2.15. The number of ether oxygens (including phenoxy) is 2. The normalized spacial score (nSPS) is 12.5. The number of nitrogens with zero attached hydrogens (tertiary/aromatic N) is 4. The van der Waals surface area contributed by atoms with Crippen molar-refractivity contribution >= 4 is 34.7 Å². The number of hydrogen-bond donors (Lipinski definition) is 2. The Morgan fingerprint density at radius 3 is 3.00 bits per heavy atom. The first kappa shape index (κ1) is 15.4. The van der Waals surface area contributed by atoms with Crippen molar-refractivity contribution in [2.75, 3.05) is 18.9 Å². The summed E-state index contributed by atoms with van der Waals surface area (Å²) in [6, 6.07) is 0. The van der Waals surface area contributed by atoms with Crippen LogP contribution in [0, 0.1) is 0 Å². The van der Waals surface area contributed by atoms with E-state index in [-0.39, 0.29) is 31.0 Å². The molecule has 0 aliphatic heterocycles. The largest absolute Gasteiger partial charge is 0.463 e. The Balaban J connectivity index is 2.07. The molecule has 0 saturated carbocycles. The van der Waals surface area contributed by atoms with Gasteiger partial charge in [0.2, 0.25) is 5.95 Å². The summed E-state index contributed by atoms with van der Waals surface area (Å²) in [7, 11) is 0. The van der Waals surface area contributed by atoms with E-state index in [4.69, 9.17) is 31.9 Å². The fourth-order valence-corrected chi connectivity index (χ4v) is 1.79. The molecule has 0 saturated heterocycles. The summed E-state index contributed by atoms with van der Waals surface area (Å²) in [4.78, 5) is 22.6. The van der Waals surface area contributed by atoms with Crippen molar-refractivity contribution in [3.8, 4) is 0 Å². The van der Waals surface area contributed by atoms with Crippen LogP contribution in [0.2, 0.25) is 5.15 Å². The second kappa shape index (κ2) is 6.66. The van der Waals surface area contributed by atoms with Crippen molar-refractivity contribution in [3.63, 3.8) is 0 Å². The van der Waals surface area contributed by atoms with E-state index in [1.165, 1.54) is 13.3 Å². The molecule has 21 heavy (non-hydrogen) atoms. The van der Waals surface area contributed by atoms with Crippen LogP contribution in [0.3, 0.4) is 0 Å². The number of carbonyl (C=O) groups is 1. The van der Waals surface area contributed by atoms with Crippen molar-refractivity contribution in [1.29, 1.82) is 0 Å². The predicted octanol–water partition coefficient (Wildman–Crippen LogP) is -0.0400. The van der Waals surface area contributed by atoms with Crippen LogP contribution in [0.1, 0.15) is 6.92 Å². The van der Waals surface area contributed by atoms with E-state index in [9.17, 15) is 4.79 Å². The van der Waals surface area contributed by atoms with Crippen molar-refractivity contribution < 1.29 is 19.4 Å². The van der Waals surface area contributed by atoms with Crippen LogP contribution in [0.15, 0.2) is 6.33 Å². The summed E-state index contributed by atoms with van der Waals surface area (Å²) >= 11 is 5.90. The Bertz CT molecular complexity index is 647. The molecule has 10 heteroatoms.